The highest BCUT2D eigenvalue weighted by atomic mass is 15.1. The molecule has 0 saturated carbocycles. The second-order valence-corrected chi connectivity index (χ2v) is 24.5. The van der Waals surface area contributed by atoms with Gasteiger partial charge in [-0.15, -0.1) is 0 Å². The lowest BCUT2D eigenvalue weighted by molar-refractivity contribution is 0.568. The lowest BCUT2D eigenvalue weighted by Gasteiger charge is -2.19. The van der Waals surface area contributed by atoms with Gasteiger partial charge in [0.1, 0.15) is 5.82 Å². The Morgan fingerprint density at radius 2 is 0.587 bits per heavy atom. The number of aromatic nitrogens is 3. The number of hydrogen-bond acceptors (Lipinski definition) is 2. The van der Waals surface area contributed by atoms with Crippen molar-refractivity contribution in [3.8, 4) is 28.2 Å². The number of pyridine rings is 2. The average Bonchev–Trinajstić information content (AvgIpc) is 3.74. The van der Waals surface area contributed by atoms with Crippen molar-refractivity contribution in [2.75, 3.05) is 0 Å². The Kier molecular flexibility index (Phi) is 18.8. The molecule has 386 valence electrons. The summed E-state index contributed by atoms with van der Waals surface area (Å²) in [7, 11) is 0. The molecule has 0 fully saturated rings. The number of para-hydroxylation sites is 2. The fourth-order valence-electron chi connectivity index (χ4n) is 8.43. The van der Waals surface area contributed by atoms with E-state index in [2.05, 4.69) is 315 Å². The van der Waals surface area contributed by atoms with Crippen LogP contribution in [0, 0.1) is 0 Å². The Morgan fingerprint density at radius 1 is 0.253 bits per heavy atom. The minimum absolute atomic E-state index is 0.0365. The zero-order valence-electron chi connectivity index (χ0n) is 47.8. The minimum Gasteiger partial charge on any atom is -0.294 e. The SMILES string of the molecule is CC(C)(C)c1ccc(-c2ccccc2)cc1.CC(C)(C)c1cccc(-c2ccccc2)n1.CC(C)(C)c1cccc(-n2c3ccccc3c3ccccc32)n1.CC(C)(C)c1ccccc1.CC(C)(C)c1ccccc1. The van der Waals surface area contributed by atoms with Gasteiger partial charge in [-0.3, -0.25) is 9.55 Å². The lowest BCUT2D eigenvalue weighted by atomic mass is 9.86. The quantitative estimate of drug-likeness (QED) is 0.177. The fraction of sp³-hybridized carbons (Fsp3) is 0.278. The molecule has 3 heteroatoms. The van der Waals surface area contributed by atoms with Crippen molar-refractivity contribution < 1.29 is 0 Å². The van der Waals surface area contributed by atoms with E-state index in [1.54, 1.807) is 0 Å². The molecule has 10 rings (SSSR count). The van der Waals surface area contributed by atoms with Crippen LogP contribution in [0.5, 0.6) is 0 Å². The van der Waals surface area contributed by atoms with E-state index >= 15 is 0 Å². The first-order chi connectivity index (χ1) is 35.4. The Hall–Kier alpha value is -7.36. The van der Waals surface area contributed by atoms with Crippen LogP contribution in [0.3, 0.4) is 0 Å². The van der Waals surface area contributed by atoms with Crippen LogP contribution in [0.15, 0.2) is 231 Å². The maximum absolute atomic E-state index is 4.95. The van der Waals surface area contributed by atoms with Gasteiger partial charge in [0, 0.05) is 38.6 Å². The molecule has 0 amide bonds. The molecular formula is C72H83N3. The number of fused-ring (bicyclic) bond motifs is 3. The van der Waals surface area contributed by atoms with Gasteiger partial charge in [-0.2, -0.15) is 0 Å². The molecule has 10 aromatic rings. The summed E-state index contributed by atoms with van der Waals surface area (Å²) in [4.78, 5) is 9.66. The molecule has 0 atom stereocenters. The summed E-state index contributed by atoms with van der Waals surface area (Å²) in [5.74, 6) is 0.981. The summed E-state index contributed by atoms with van der Waals surface area (Å²) >= 11 is 0. The van der Waals surface area contributed by atoms with Gasteiger partial charge in [0.2, 0.25) is 0 Å². The van der Waals surface area contributed by atoms with Crippen LogP contribution in [0.2, 0.25) is 0 Å². The predicted octanol–water partition coefficient (Wildman–Crippen LogP) is 20.1. The van der Waals surface area contributed by atoms with Gasteiger partial charge in [0.15, 0.2) is 0 Å². The first kappa shape index (κ1) is 56.9. The van der Waals surface area contributed by atoms with Crippen LogP contribution in [0.25, 0.3) is 50.0 Å². The summed E-state index contributed by atoms with van der Waals surface area (Å²) in [5.41, 5.74) is 14.6. The standard InChI is InChI=1S/C21H20N2.C16H18.C15H17N.2C10H14/c1-21(2,3)19-13-8-14-20(22-19)23-17-11-6-4-9-15(17)16-10-5-7-12-18(16)23;1-16(2,3)15-11-9-14(10-12-15)13-7-5-4-6-8-13;1-15(2,3)14-11-7-10-13(16-14)12-8-5-4-6-9-12;2*1-10(2,3)9-7-5-4-6-8-9/h4-14H,1-3H3;4-12H,1-3H3;4-11H,1-3H3;2*4-8H,1-3H3. The van der Waals surface area contributed by atoms with Crippen LogP contribution in [-0.4, -0.2) is 14.5 Å². The van der Waals surface area contributed by atoms with Gasteiger partial charge in [-0.25, -0.2) is 4.98 Å². The molecule has 0 bridgehead atoms. The zero-order valence-corrected chi connectivity index (χ0v) is 47.8. The summed E-state index contributed by atoms with van der Waals surface area (Å²) in [6, 6.07) is 80.3. The molecule has 0 radical (unpaired) electrons. The molecule has 7 aromatic carbocycles. The summed E-state index contributed by atoms with van der Waals surface area (Å²) in [6.07, 6.45) is 0. The average molecular weight is 990 g/mol. The van der Waals surface area contributed by atoms with Gasteiger partial charge in [-0.05, 0) is 80.5 Å². The van der Waals surface area contributed by atoms with E-state index < -0.39 is 0 Å². The summed E-state index contributed by atoms with van der Waals surface area (Å²) < 4.78 is 2.26. The molecule has 0 spiro atoms. The zero-order chi connectivity index (χ0) is 54.4. The maximum atomic E-state index is 4.95. The minimum atomic E-state index is 0.0365. The van der Waals surface area contributed by atoms with E-state index in [4.69, 9.17) is 9.97 Å². The van der Waals surface area contributed by atoms with Crippen molar-refractivity contribution in [1.82, 2.24) is 14.5 Å². The molecule has 3 heterocycles. The van der Waals surface area contributed by atoms with E-state index in [-0.39, 0.29) is 16.2 Å². The largest absolute Gasteiger partial charge is 0.294 e. The van der Waals surface area contributed by atoms with E-state index in [0.29, 0.717) is 10.8 Å². The number of nitrogens with zero attached hydrogens (tertiary/aromatic N) is 3. The van der Waals surface area contributed by atoms with Crippen molar-refractivity contribution in [1.29, 1.82) is 0 Å². The van der Waals surface area contributed by atoms with Crippen LogP contribution in [0.4, 0.5) is 0 Å². The van der Waals surface area contributed by atoms with Gasteiger partial charge in [-0.1, -0.05) is 298 Å². The highest BCUT2D eigenvalue weighted by Gasteiger charge is 2.19. The van der Waals surface area contributed by atoms with E-state index in [9.17, 15) is 0 Å². The Bertz CT molecular complexity index is 3180. The van der Waals surface area contributed by atoms with E-state index in [0.717, 1.165) is 22.9 Å². The number of hydrogen-bond donors (Lipinski definition) is 0. The third-order valence-corrected chi connectivity index (χ3v) is 13.0. The molecule has 0 aliphatic carbocycles. The smallest absolute Gasteiger partial charge is 0.137 e. The Labute approximate surface area is 451 Å². The molecule has 0 N–H and O–H groups in total. The van der Waals surface area contributed by atoms with Gasteiger partial charge >= 0.3 is 0 Å². The van der Waals surface area contributed by atoms with Crippen molar-refractivity contribution in [2.45, 2.75) is 131 Å². The first-order valence-corrected chi connectivity index (χ1v) is 26.7. The molecule has 3 aromatic heterocycles. The molecule has 3 nitrogen and oxygen atoms in total. The lowest BCUT2D eigenvalue weighted by Crippen LogP contribution is -2.14. The van der Waals surface area contributed by atoms with Crippen LogP contribution in [-0.2, 0) is 27.1 Å². The second-order valence-electron chi connectivity index (χ2n) is 24.5. The van der Waals surface area contributed by atoms with E-state index in [1.807, 2.05) is 24.3 Å². The van der Waals surface area contributed by atoms with Crippen molar-refractivity contribution >= 4 is 21.8 Å². The third kappa shape index (κ3) is 16.3. The van der Waals surface area contributed by atoms with Gasteiger partial charge < -0.3 is 0 Å². The molecule has 0 saturated heterocycles. The van der Waals surface area contributed by atoms with Crippen LogP contribution >= 0.6 is 0 Å². The Balaban J connectivity index is 0.000000158. The predicted molar refractivity (Wildman–Crippen MR) is 327 cm³/mol. The van der Waals surface area contributed by atoms with Crippen molar-refractivity contribution in [2.24, 2.45) is 0 Å². The van der Waals surface area contributed by atoms with Crippen LogP contribution in [0.1, 0.15) is 132 Å². The number of rotatable bonds is 3. The number of benzene rings is 7. The van der Waals surface area contributed by atoms with Crippen LogP contribution < -0.4 is 0 Å². The normalized spacial score (nSPS) is 11.7. The fourth-order valence-corrected chi connectivity index (χ4v) is 8.43. The van der Waals surface area contributed by atoms with Gasteiger partial charge in [0.05, 0.1) is 16.7 Å². The molecular weight excluding hydrogens is 907 g/mol. The maximum Gasteiger partial charge on any atom is 0.137 e. The first-order valence-electron chi connectivity index (χ1n) is 26.7. The van der Waals surface area contributed by atoms with Gasteiger partial charge in [0.25, 0.3) is 0 Å². The monoisotopic (exact) mass is 990 g/mol. The Morgan fingerprint density at radius 3 is 0.987 bits per heavy atom. The molecule has 0 unspecified atom stereocenters. The molecule has 0 aliphatic heterocycles. The molecule has 0 aliphatic rings. The topological polar surface area (TPSA) is 30.7 Å². The highest BCUT2D eigenvalue weighted by molar-refractivity contribution is 6.09. The third-order valence-electron chi connectivity index (χ3n) is 13.0. The molecule has 75 heavy (non-hydrogen) atoms. The highest BCUT2D eigenvalue weighted by Crippen LogP contribution is 2.33. The van der Waals surface area contributed by atoms with E-state index in [1.165, 1.54) is 55.2 Å². The van der Waals surface area contributed by atoms with Crippen molar-refractivity contribution in [3.05, 3.63) is 259 Å². The van der Waals surface area contributed by atoms with Crippen molar-refractivity contribution in [3.63, 3.8) is 0 Å². The summed E-state index contributed by atoms with van der Waals surface area (Å²) in [5, 5.41) is 2.54. The summed E-state index contributed by atoms with van der Waals surface area (Å²) in [6.45, 7) is 33.2. The second kappa shape index (κ2) is 24.8.